The molecule has 46 heavy (non-hydrogen) atoms. The second-order valence-corrected chi connectivity index (χ2v) is 11.5. The lowest BCUT2D eigenvalue weighted by Gasteiger charge is -2.22. The number of hydrogen-bond acceptors (Lipinski definition) is 9. The molecule has 12 heteroatoms. The van der Waals surface area contributed by atoms with Gasteiger partial charge >= 0.3 is 5.97 Å². The zero-order valence-electron chi connectivity index (χ0n) is 25.8. The first-order chi connectivity index (χ1) is 22.2. The highest BCUT2D eigenvalue weighted by Crippen LogP contribution is 2.41. The van der Waals surface area contributed by atoms with Crippen molar-refractivity contribution >= 4 is 34.2 Å². The van der Waals surface area contributed by atoms with Crippen LogP contribution in [-0.4, -0.2) is 45.3 Å². The van der Waals surface area contributed by atoms with Crippen LogP contribution in [-0.2, 0) is 27.9 Å². The van der Waals surface area contributed by atoms with Crippen molar-refractivity contribution in [3.63, 3.8) is 0 Å². The largest absolute Gasteiger partial charge is 0.461 e. The van der Waals surface area contributed by atoms with E-state index in [2.05, 4.69) is 22.0 Å². The first-order valence-corrected chi connectivity index (χ1v) is 15.3. The van der Waals surface area contributed by atoms with Gasteiger partial charge in [-0.1, -0.05) is 24.8 Å². The molecule has 3 N–H and O–H groups in total. The molecule has 2 aromatic heterocycles. The Labute approximate surface area is 265 Å². The Kier molecular flexibility index (Phi) is 8.80. The number of nitrogens with two attached hydrogens (primary N) is 1. The standard InChI is InChI=1S/C34H36FN7O4/c1-4-45-13-11-30(43)46-19-26-25(32-20(2)14-29(36)39-34(40-32)38-24-17-37-41(3)18-24)6-5-7-28(26)42-12-10-22-15-23(21-8-9-21)16-27(35)31(22)33(42)44/h5-7,10,12,15-18,21,32H,2,4,8-9,11,13-14,19H2,1,3H3,(H3,36,38,39,40). The van der Waals surface area contributed by atoms with Crippen LogP contribution in [0.15, 0.2) is 81.9 Å². The molecule has 0 bridgehead atoms. The Morgan fingerprint density at radius 1 is 1.24 bits per heavy atom. The predicted molar refractivity (Wildman–Crippen MR) is 175 cm³/mol. The van der Waals surface area contributed by atoms with Crippen LogP contribution in [0.3, 0.4) is 0 Å². The summed E-state index contributed by atoms with van der Waals surface area (Å²) in [6, 6.07) is 9.78. The van der Waals surface area contributed by atoms with E-state index >= 15 is 4.39 Å². The van der Waals surface area contributed by atoms with E-state index in [1.54, 1.807) is 48.5 Å². The smallest absolute Gasteiger partial charge is 0.308 e. The summed E-state index contributed by atoms with van der Waals surface area (Å²) in [5.41, 5.74) is 9.51. The van der Waals surface area contributed by atoms with Gasteiger partial charge in [-0.15, -0.1) is 0 Å². The molecule has 6 rings (SSSR count). The highest BCUT2D eigenvalue weighted by molar-refractivity contribution is 6.03. The third kappa shape index (κ3) is 6.62. The zero-order chi connectivity index (χ0) is 32.4. The molecule has 1 unspecified atom stereocenters. The van der Waals surface area contributed by atoms with Crippen LogP contribution in [0.2, 0.25) is 0 Å². The number of carbonyl (C=O) groups is 1. The normalized spacial score (nSPS) is 16.6. The molecule has 2 aliphatic rings. The summed E-state index contributed by atoms with van der Waals surface area (Å²) in [6.07, 6.45) is 7.40. The average Bonchev–Trinajstić information content (AvgIpc) is 3.81. The number of pyridine rings is 1. The van der Waals surface area contributed by atoms with Crippen LogP contribution >= 0.6 is 0 Å². The molecule has 2 aromatic carbocycles. The molecule has 4 aromatic rings. The number of halogens is 1. The van der Waals surface area contributed by atoms with E-state index in [9.17, 15) is 9.59 Å². The molecular formula is C34H36FN7O4. The number of aromatic nitrogens is 3. The molecule has 1 saturated carbocycles. The molecule has 1 atom stereocenters. The molecule has 11 nitrogen and oxygen atoms in total. The van der Waals surface area contributed by atoms with Crippen LogP contribution in [0.4, 0.5) is 10.1 Å². The number of amidine groups is 1. The molecule has 0 amide bonds. The molecule has 3 heterocycles. The Morgan fingerprint density at radius 2 is 2.07 bits per heavy atom. The van der Waals surface area contributed by atoms with E-state index < -0.39 is 23.4 Å². The first-order valence-electron chi connectivity index (χ1n) is 15.3. The van der Waals surface area contributed by atoms with Crippen molar-refractivity contribution < 1.29 is 18.7 Å². The minimum Gasteiger partial charge on any atom is -0.461 e. The summed E-state index contributed by atoms with van der Waals surface area (Å²) in [4.78, 5) is 36.0. The van der Waals surface area contributed by atoms with Gasteiger partial charge in [0.05, 0.1) is 36.0 Å². The summed E-state index contributed by atoms with van der Waals surface area (Å²) in [7, 11) is 1.79. The number of ether oxygens (including phenoxy) is 2. The number of carbonyl (C=O) groups excluding carboxylic acids is 1. The highest BCUT2D eigenvalue weighted by Gasteiger charge is 2.27. The second-order valence-electron chi connectivity index (χ2n) is 11.5. The molecule has 0 spiro atoms. The SMILES string of the molecule is C=C1CC(N)=NC(Nc2cnn(C)c2)=NC1c1cccc(-n2ccc3cc(C4CC4)cc(F)c3c2=O)c1COC(=O)CCOCC. The van der Waals surface area contributed by atoms with Crippen molar-refractivity contribution in [2.24, 2.45) is 22.8 Å². The van der Waals surface area contributed by atoms with Gasteiger partial charge in [0.2, 0.25) is 5.96 Å². The van der Waals surface area contributed by atoms with Crippen molar-refractivity contribution in [1.82, 2.24) is 14.3 Å². The predicted octanol–water partition coefficient (Wildman–Crippen LogP) is 5.04. The molecular weight excluding hydrogens is 589 g/mol. The Bertz CT molecular complexity index is 1940. The quantitative estimate of drug-likeness (QED) is 0.143. The number of aryl methyl sites for hydroxylation is 1. The van der Waals surface area contributed by atoms with Crippen molar-refractivity contribution in [2.45, 2.75) is 51.2 Å². The second kappa shape index (κ2) is 13.1. The molecule has 0 saturated heterocycles. The van der Waals surface area contributed by atoms with Crippen LogP contribution < -0.4 is 16.6 Å². The van der Waals surface area contributed by atoms with E-state index in [0.717, 1.165) is 18.4 Å². The third-order valence-corrected chi connectivity index (χ3v) is 8.06. The number of nitrogens with zero attached hydrogens (tertiary/aromatic N) is 5. The minimum atomic E-state index is -0.671. The zero-order valence-corrected chi connectivity index (χ0v) is 25.8. The number of benzene rings is 2. The summed E-state index contributed by atoms with van der Waals surface area (Å²) in [5.74, 6) is -0.122. The number of guanidine groups is 1. The lowest BCUT2D eigenvalue weighted by molar-refractivity contribution is -0.146. The Morgan fingerprint density at radius 3 is 2.80 bits per heavy atom. The van der Waals surface area contributed by atoms with Gasteiger partial charge in [-0.3, -0.25) is 18.8 Å². The van der Waals surface area contributed by atoms with Crippen LogP contribution in [0.1, 0.15) is 61.3 Å². The first kappa shape index (κ1) is 30.9. The van der Waals surface area contributed by atoms with Gasteiger partial charge in [-0.2, -0.15) is 5.10 Å². The van der Waals surface area contributed by atoms with Gasteiger partial charge < -0.3 is 20.5 Å². The van der Waals surface area contributed by atoms with E-state index in [0.29, 0.717) is 51.8 Å². The summed E-state index contributed by atoms with van der Waals surface area (Å²) >= 11 is 0. The summed E-state index contributed by atoms with van der Waals surface area (Å²) in [5, 5.41) is 7.88. The Hall–Kier alpha value is -5.10. The monoisotopic (exact) mass is 625 g/mol. The maximum atomic E-state index is 15.5. The maximum Gasteiger partial charge on any atom is 0.308 e. The summed E-state index contributed by atoms with van der Waals surface area (Å²) in [6.45, 7) is 6.63. The number of rotatable bonds is 10. The van der Waals surface area contributed by atoms with Gasteiger partial charge in [0.1, 0.15) is 24.3 Å². The van der Waals surface area contributed by atoms with Crippen molar-refractivity contribution in [2.75, 3.05) is 18.5 Å². The Balaban J connectivity index is 1.45. The van der Waals surface area contributed by atoms with Gasteiger partial charge in [-0.05, 0) is 66.0 Å². The van der Waals surface area contributed by atoms with Gasteiger partial charge in [0, 0.05) is 38.0 Å². The van der Waals surface area contributed by atoms with Gasteiger partial charge in [0.25, 0.3) is 5.56 Å². The van der Waals surface area contributed by atoms with Gasteiger partial charge in [0.15, 0.2) is 0 Å². The van der Waals surface area contributed by atoms with E-state index in [4.69, 9.17) is 20.2 Å². The number of hydrogen-bond donors (Lipinski definition) is 2. The lowest BCUT2D eigenvalue weighted by Crippen LogP contribution is -2.22. The molecule has 1 aliphatic heterocycles. The maximum absolute atomic E-state index is 15.5. The van der Waals surface area contributed by atoms with Crippen LogP contribution in [0.5, 0.6) is 0 Å². The molecule has 0 radical (unpaired) electrons. The van der Waals surface area contributed by atoms with E-state index in [1.165, 1.54) is 10.6 Å². The number of esters is 1. The molecule has 1 aliphatic carbocycles. The fourth-order valence-corrected chi connectivity index (χ4v) is 5.66. The van der Waals surface area contributed by atoms with E-state index in [-0.39, 0.29) is 37.4 Å². The highest BCUT2D eigenvalue weighted by atomic mass is 19.1. The number of nitrogens with one attached hydrogen (secondary N) is 1. The minimum absolute atomic E-state index is 0.00186. The fourth-order valence-electron chi connectivity index (χ4n) is 5.66. The van der Waals surface area contributed by atoms with Crippen LogP contribution in [0, 0.1) is 5.82 Å². The van der Waals surface area contributed by atoms with Gasteiger partial charge in [-0.25, -0.2) is 14.4 Å². The van der Waals surface area contributed by atoms with Crippen LogP contribution in [0.25, 0.3) is 16.5 Å². The average molecular weight is 626 g/mol. The molecule has 238 valence electrons. The third-order valence-electron chi connectivity index (χ3n) is 8.06. The number of fused-ring (bicyclic) bond motifs is 1. The fraction of sp³-hybridized carbons (Fsp3) is 0.324. The van der Waals surface area contributed by atoms with Crippen molar-refractivity contribution in [3.8, 4) is 5.69 Å². The number of aliphatic imine (C=N–C) groups is 2. The summed E-state index contributed by atoms with van der Waals surface area (Å²) < 4.78 is 29.5. The lowest BCUT2D eigenvalue weighted by atomic mass is 9.92. The van der Waals surface area contributed by atoms with E-state index in [1.807, 2.05) is 19.1 Å². The topological polar surface area (TPSA) is 138 Å². The van der Waals surface area contributed by atoms with Crippen molar-refractivity contribution in [1.29, 1.82) is 0 Å². The molecule has 1 fully saturated rings. The van der Waals surface area contributed by atoms with Crippen molar-refractivity contribution in [3.05, 3.63) is 100 Å². The number of anilines is 1.